The van der Waals surface area contributed by atoms with Gasteiger partial charge in [-0.1, -0.05) is 48.5 Å². The number of amides is 2. The van der Waals surface area contributed by atoms with E-state index in [1.54, 1.807) is 13.0 Å². The van der Waals surface area contributed by atoms with Gasteiger partial charge >= 0.3 is 6.09 Å². The highest BCUT2D eigenvalue weighted by molar-refractivity contribution is 5.93. The normalized spacial score (nSPS) is 16.7. The van der Waals surface area contributed by atoms with Crippen molar-refractivity contribution in [2.75, 3.05) is 64.2 Å². The predicted molar refractivity (Wildman–Crippen MR) is 174 cm³/mol. The minimum Gasteiger partial charge on any atom is -0.457 e. The quantitative estimate of drug-likeness (QED) is 0.220. The van der Waals surface area contributed by atoms with E-state index in [9.17, 15) is 14.4 Å². The number of hydrogen-bond acceptors (Lipinski definition) is 8. The van der Waals surface area contributed by atoms with Gasteiger partial charge in [-0.25, -0.2) is 4.79 Å². The number of anilines is 1. The molecule has 2 amide bonds. The lowest BCUT2D eigenvalue weighted by molar-refractivity contribution is -0.128. The summed E-state index contributed by atoms with van der Waals surface area (Å²) in [7, 11) is 0. The lowest BCUT2D eigenvalue weighted by Crippen LogP contribution is -2.41. The van der Waals surface area contributed by atoms with Crippen molar-refractivity contribution in [2.45, 2.75) is 45.3 Å². The number of nitrogens with one attached hydrogen (secondary N) is 2. The van der Waals surface area contributed by atoms with Crippen molar-refractivity contribution in [1.82, 2.24) is 20.0 Å². The van der Waals surface area contributed by atoms with Crippen LogP contribution in [-0.4, -0.2) is 97.5 Å². The first-order valence-electron chi connectivity index (χ1n) is 16.1. The Morgan fingerprint density at radius 2 is 1.62 bits per heavy atom. The molecule has 2 aromatic carbocycles. The largest absolute Gasteiger partial charge is 0.457 e. The second-order valence-electron chi connectivity index (χ2n) is 11.8. The zero-order valence-corrected chi connectivity index (χ0v) is 26.2. The van der Waals surface area contributed by atoms with Crippen LogP contribution < -0.4 is 10.6 Å². The zero-order chi connectivity index (χ0) is 31.4. The molecule has 0 atom stereocenters. The topological polar surface area (TPSA) is 107 Å². The van der Waals surface area contributed by atoms with Gasteiger partial charge in [0.2, 0.25) is 5.91 Å². The van der Waals surface area contributed by atoms with Gasteiger partial charge in [-0.3, -0.25) is 19.8 Å². The second-order valence-corrected chi connectivity index (χ2v) is 11.8. The second kappa shape index (κ2) is 16.4. The first kappa shape index (κ1) is 32.4. The number of carbonyl (C=O) groups excluding carboxylic acids is 3. The lowest BCUT2D eigenvalue weighted by Gasteiger charge is -2.31. The smallest absolute Gasteiger partial charge is 0.411 e. The summed E-state index contributed by atoms with van der Waals surface area (Å²) in [6.07, 6.45) is 2.37. The maximum atomic E-state index is 12.7. The molecule has 3 aromatic rings. The van der Waals surface area contributed by atoms with Crippen molar-refractivity contribution in [3.05, 3.63) is 78.3 Å². The van der Waals surface area contributed by atoms with Gasteiger partial charge in [-0.15, -0.1) is 0 Å². The van der Waals surface area contributed by atoms with Crippen LogP contribution in [0.25, 0.3) is 11.1 Å². The minimum absolute atomic E-state index is 0.00463. The van der Waals surface area contributed by atoms with Crippen molar-refractivity contribution < 1.29 is 23.5 Å². The minimum atomic E-state index is -0.421. The Morgan fingerprint density at radius 3 is 2.42 bits per heavy atom. The molecule has 0 unspecified atom stereocenters. The Balaban J connectivity index is 0.945. The number of hydrogen-bond donors (Lipinski definition) is 2. The third-order valence-electron chi connectivity index (χ3n) is 8.54. The third-order valence-corrected chi connectivity index (χ3v) is 8.54. The van der Waals surface area contributed by atoms with Crippen molar-refractivity contribution in [3.63, 3.8) is 0 Å². The average Bonchev–Trinajstić information content (AvgIpc) is 3.39. The molecular formula is C35H45N5O5. The van der Waals surface area contributed by atoms with Gasteiger partial charge in [0.15, 0.2) is 11.5 Å². The lowest BCUT2D eigenvalue weighted by atomic mass is 10.0. The number of para-hydroxylation sites is 1. The van der Waals surface area contributed by atoms with Crippen LogP contribution in [0.3, 0.4) is 0 Å². The molecule has 2 aliphatic rings. The van der Waals surface area contributed by atoms with E-state index in [0.29, 0.717) is 25.3 Å². The van der Waals surface area contributed by atoms with Crippen LogP contribution in [-0.2, 0) is 16.1 Å². The van der Waals surface area contributed by atoms with Gasteiger partial charge in [0, 0.05) is 77.8 Å². The van der Waals surface area contributed by atoms with Crippen molar-refractivity contribution in [1.29, 1.82) is 0 Å². The summed E-state index contributed by atoms with van der Waals surface area (Å²) in [5, 5.41) is 6.31. The standard InChI is InChI=1S/C35H45N5O5/c1-27(41)40-20-7-19-39(24-25-40)26-30-12-13-34(44-30)33(42)14-17-36-18-23-38-21-15-29(16-22-38)45-35(43)37-32-11-6-5-10-31(32)28-8-3-2-4-9-28/h2-6,8-13,29,36H,7,14-26H2,1H3,(H,37,43). The van der Waals surface area contributed by atoms with Crippen LogP contribution in [0.5, 0.6) is 0 Å². The molecule has 3 heterocycles. The molecule has 0 aliphatic carbocycles. The van der Waals surface area contributed by atoms with Crippen LogP contribution in [0.4, 0.5) is 10.5 Å². The molecule has 1 aromatic heterocycles. The van der Waals surface area contributed by atoms with Crippen LogP contribution in [0.1, 0.15) is 48.9 Å². The van der Waals surface area contributed by atoms with Crippen LogP contribution in [0.2, 0.25) is 0 Å². The Kier molecular flexibility index (Phi) is 11.8. The number of piperidine rings is 1. The number of ether oxygens (including phenoxy) is 1. The number of carbonyl (C=O) groups is 3. The van der Waals surface area contributed by atoms with Crippen LogP contribution in [0, 0.1) is 0 Å². The van der Waals surface area contributed by atoms with Crippen LogP contribution in [0.15, 0.2) is 71.1 Å². The molecule has 0 saturated carbocycles. The molecule has 2 fully saturated rings. The fourth-order valence-electron chi connectivity index (χ4n) is 5.97. The summed E-state index contributed by atoms with van der Waals surface area (Å²) in [5.41, 5.74) is 2.73. The van der Waals surface area contributed by atoms with Crippen molar-refractivity contribution >= 4 is 23.5 Å². The van der Waals surface area contributed by atoms with E-state index >= 15 is 0 Å². The summed E-state index contributed by atoms with van der Waals surface area (Å²) in [6, 6.07) is 21.4. The molecular weight excluding hydrogens is 570 g/mol. The highest BCUT2D eigenvalue weighted by atomic mass is 16.6. The number of Topliss-reactive ketones (excluding diaryl/α,β-unsaturated/α-hetero) is 1. The van der Waals surface area contributed by atoms with E-state index in [1.165, 1.54) is 0 Å². The third kappa shape index (κ3) is 9.75. The Labute approximate surface area is 265 Å². The maximum absolute atomic E-state index is 12.7. The molecule has 2 aliphatic heterocycles. The van der Waals surface area contributed by atoms with Gasteiger partial charge in [-0.05, 0) is 43.0 Å². The fourth-order valence-corrected chi connectivity index (χ4v) is 5.97. The van der Waals surface area contributed by atoms with E-state index in [2.05, 4.69) is 20.4 Å². The molecule has 2 saturated heterocycles. The molecule has 240 valence electrons. The first-order chi connectivity index (χ1) is 21.9. The van der Waals surface area contributed by atoms with E-state index in [1.807, 2.05) is 65.6 Å². The fraction of sp³-hybridized carbons (Fsp3) is 0.457. The maximum Gasteiger partial charge on any atom is 0.411 e. The van der Waals surface area contributed by atoms with Gasteiger partial charge in [0.05, 0.1) is 12.2 Å². The number of ketones is 1. The number of likely N-dealkylation sites (tertiary alicyclic amines) is 1. The number of furan rings is 1. The molecule has 0 bridgehead atoms. The number of benzene rings is 2. The Hall–Kier alpha value is -3.99. The average molecular weight is 616 g/mol. The SMILES string of the molecule is CC(=O)N1CCCN(Cc2ccc(C(=O)CCNCCN3CCC(OC(=O)Nc4ccccc4-c4ccccc4)CC3)o2)CC1. The molecule has 10 nitrogen and oxygen atoms in total. The number of rotatable bonds is 12. The van der Waals surface area contributed by atoms with Gasteiger partial charge in [-0.2, -0.15) is 0 Å². The molecule has 5 rings (SSSR count). The zero-order valence-electron chi connectivity index (χ0n) is 26.2. The summed E-state index contributed by atoms with van der Waals surface area (Å²) in [4.78, 5) is 43.5. The van der Waals surface area contributed by atoms with Crippen molar-refractivity contribution in [2.24, 2.45) is 0 Å². The van der Waals surface area contributed by atoms with E-state index in [-0.39, 0.29) is 17.8 Å². The van der Waals surface area contributed by atoms with Crippen LogP contribution >= 0.6 is 0 Å². The molecule has 0 spiro atoms. The Morgan fingerprint density at radius 1 is 0.844 bits per heavy atom. The summed E-state index contributed by atoms with van der Waals surface area (Å²) >= 11 is 0. The van der Waals surface area contributed by atoms with Gasteiger partial charge in [0.25, 0.3) is 0 Å². The molecule has 2 N–H and O–H groups in total. The summed E-state index contributed by atoms with van der Waals surface area (Å²) in [6.45, 7) is 9.45. The highest BCUT2D eigenvalue weighted by Crippen LogP contribution is 2.28. The van der Waals surface area contributed by atoms with Crippen molar-refractivity contribution in [3.8, 4) is 11.1 Å². The first-order valence-corrected chi connectivity index (χ1v) is 16.1. The summed E-state index contributed by atoms with van der Waals surface area (Å²) < 4.78 is 11.6. The molecule has 10 heteroatoms. The number of nitrogens with zero attached hydrogens (tertiary/aromatic N) is 3. The van der Waals surface area contributed by atoms with E-state index < -0.39 is 6.09 Å². The molecule has 0 radical (unpaired) electrons. The Bertz CT molecular complexity index is 1400. The van der Waals surface area contributed by atoms with Gasteiger partial charge < -0.3 is 24.3 Å². The summed E-state index contributed by atoms with van der Waals surface area (Å²) in [5.74, 6) is 1.30. The van der Waals surface area contributed by atoms with E-state index in [4.69, 9.17) is 9.15 Å². The molecule has 45 heavy (non-hydrogen) atoms. The predicted octanol–water partition coefficient (Wildman–Crippen LogP) is 4.88. The van der Waals surface area contributed by atoms with E-state index in [0.717, 1.165) is 94.2 Å². The highest BCUT2D eigenvalue weighted by Gasteiger charge is 2.23. The van der Waals surface area contributed by atoms with Gasteiger partial charge in [0.1, 0.15) is 11.9 Å². The monoisotopic (exact) mass is 615 g/mol.